The smallest absolute Gasteiger partial charge is 0.285 e. The van der Waals surface area contributed by atoms with Gasteiger partial charge in [0.05, 0.1) is 119 Å². The Morgan fingerprint density at radius 3 is 0.882 bits per heavy atom. The number of imidazole rings is 2. The topological polar surface area (TPSA) is 460 Å². The summed E-state index contributed by atoms with van der Waals surface area (Å²) < 4.78 is 5.48. The first-order chi connectivity index (χ1) is 40.5. The number of nitro groups is 8. The van der Waals surface area contributed by atoms with E-state index in [1.54, 1.807) is 113 Å². The van der Waals surface area contributed by atoms with Gasteiger partial charge in [-0.15, -0.1) is 0 Å². The van der Waals surface area contributed by atoms with Gasteiger partial charge in [-0.25, -0.2) is 9.97 Å². The number of hydrogen-bond acceptors (Lipinski definition) is 29. The van der Waals surface area contributed by atoms with Gasteiger partial charge >= 0.3 is 0 Å². The van der Waals surface area contributed by atoms with Crippen LogP contribution in [0.1, 0.15) is 50.4 Å². The van der Waals surface area contributed by atoms with Crippen LogP contribution in [0.15, 0.2) is 123 Å². The zero-order valence-electron chi connectivity index (χ0n) is 41.4. The third-order valence-corrected chi connectivity index (χ3v) is 21.1. The highest BCUT2D eigenvalue weighted by Crippen LogP contribution is 2.57. The average Bonchev–Trinajstić information content (AvgIpc) is 1.66. The fourth-order valence-corrected chi connectivity index (χ4v) is 16.6. The lowest BCUT2D eigenvalue weighted by Crippen LogP contribution is -2.00. The van der Waals surface area contributed by atoms with Gasteiger partial charge in [-0.1, -0.05) is 94.1 Å². The molecule has 0 radical (unpaired) electrons. The Kier molecular flexibility index (Phi) is 19.2. The molecule has 2 aromatic heterocycles. The molecule has 39 heteroatoms. The third-order valence-electron chi connectivity index (χ3n) is 11.1. The van der Waals surface area contributed by atoms with Crippen molar-refractivity contribution in [1.82, 2.24) is 19.9 Å². The molecule has 0 spiro atoms. The van der Waals surface area contributed by atoms with Crippen LogP contribution in [0.25, 0.3) is 32.1 Å². The fourth-order valence-electron chi connectivity index (χ4n) is 7.81. The maximum atomic E-state index is 12.5. The molecule has 0 fully saturated rings. The van der Waals surface area contributed by atoms with Crippen LogP contribution in [0, 0.1) is 92.2 Å². The lowest BCUT2D eigenvalue weighted by Gasteiger charge is -2.03. The molecule has 6 aromatic rings. The number of fused-ring (bicyclic) bond motifs is 6. The quantitative estimate of drug-likeness (QED) is 0.0948. The molecule has 31 nitrogen and oxygen atoms in total. The molecule has 0 saturated heterocycles. The lowest BCUT2D eigenvalue weighted by molar-refractivity contribution is -0.395. The highest BCUT2D eigenvalue weighted by Gasteiger charge is 2.44. The Labute approximate surface area is 504 Å². The van der Waals surface area contributed by atoms with E-state index < -0.39 is 141 Å². The molecule has 0 saturated carbocycles. The van der Waals surface area contributed by atoms with E-state index in [-0.39, 0.29) is 0 Å². The van der Waals surface area contributed by atoms with Gasteiger partial charge in [0.25, 0.3) is 45.5 Å². The number of benzene rings is 4. The minimum Gasteiger partial charge on any atom is -0.344 e. The molecule has 4 aliphatic heterocycles. The van der Waals surface area contributed by atoms with E-state index in [2.05, 4.69) is 52.4 Å². The summed E-state index contributed by atoms with van der Waals surface area (Å²) in [6, 6.07) is 7.05. The number of hydrogen-bond donors (Lipinski definition) is 2. The van der Waals surface area contributed by atoms with Crippen LogP contribution in [0.5, 0.6) is 0 Å². The van der Waals surface area contributed by atoms with Gasteiger partial charge in [0, 0.05) is 78.2 Å². The number of non-ortho nitro benzene ring substituents is 4. The van der Waals surface area contributed by atoms with Crippen molar-refractivity contribution >= 4 is 161 Å². The molecule has 6 heterocycles. The number of nitrogens with zero attached hydrogens (tertiary/aromatic N) is 11. The van der Waals surface area contributed by atoms with E-state index in [9.17, 15) is 90.5 Å². The molecule has 0 atom stereocenters. The lowest BCUT2D eigenvalue weighted by atomic mass is 10.0. The van der Waals surface area contributed by atoms with Crippen molar-refractivity contribution in [2.75, 3.05) is 0 Å². The van der Waals surface area contributed by atoms with Gasteiger partial charge in [-0.3, -0.25) is 90.5 Å². The number of ketones is 2. The van der Waals surface area contributed by atoms with Crippen LogP contribution in [-0.2, 0) is 0 Å². The van der Waals surface area contributed by atoms with Crippen LogP contribution < -0.4 is 0 Å². The molecule has 2 N–H and O–H groups in total. The molecular weight excluding hydrogens is 1280 g/mol. The summed E-state index contributed by atoms with van der Waals surface area (Å²) in [6.45, 7) is 1.43. The predicted molar refractivity (Wildman–Crippen MR) is 321 cm³/mol. The minimum atomic E-state index is -1.01. The van der Waals surface area contributed by atoms with E-state index >= 15 is 0 Å². The normalized spacial score (nSPS) is 14.3. The van der Waals surface area contributed by atoms with Crippen LogP contribution in [0.4, 0.5) is 45.5 Å². The first-order valence-electron chi connectivity index (χ1n) is 22.4. The zero-order valence-corrected chi connectivity index (χ0v) is 48.0. The summed E-state index contributed by atoms with van der Waals surface area (Å²) in [6.07, 6.45) is 7.28. The van der Waals surface area contributed by atoms with Crippen LogP contribution >= 0.6 is 94.1 Å². The number of nitro benzene ring substituents is 8. The Hall–Kier alpha value is -9.43. The highest BCUT2D eigenvalue weighted by molar-refractivity contribution is 8.35. The maximum absolute atomic E-state index is 12.5. The second kappa shape index (κ2) is 26.4. The van der Waals surface area contributed by atoms with E-state index in [1.165, 1.54) is 33.7 Å². The van der Waals surface area contributed by atoms with Crippen molar-refractivity contribution in [1.29, 1.82) is 5.26 Å². The van der Waals surface area contributed by atoms with Gasteiger partial charge in [-0.2, -0.15) is 5.26 Å². The summed E-state index contributed by atoms with van der Waals surface area (Å²) >= 11 is 14.3. The van der Waals surface area contributed by atoms with Crippen molar-refractivity contribution in [2.45, 2.75) is 6.92 Å². The average molecular weight is 1300 g/mol. The number of nitriles is 1. The Morgan fingerprint density at radius 1 is 0.412 bits per heavy atom. The number of carbonyl (C=O) groups excluding carboxylic acids is 2. The predicted octanol–water partition coefficient (Wildman–Crippen LogP) is 14.1. The SMILES string of the molecule is C1=CSC(=C2SC=C(c3ncc[nH]3)S2)S1.C1=CSC(=C2SC=C(c3ncc[nH]3)S2)S1.CC#N.O=C1c2cc([N+](=O)[O-])cc([N+](=O)[O-])c2-c2c1cc([N+](=O)[O-])cc2[N+](=O)[O-].O=C1c2cc([N+](=O)[O-])cc([N+](=O)[O-])c2-c2c1cc([N+](=O)[O-])cc2[N+](=O)[O-]. The zero-order chi connectivity index (χ0) is 61.6. The second-order valence-electron chi connectivity index (χ2n) is 15.9. The summed E-state index contributed by atoms with van der Waals surface area (Å²) in [4.78, 5) is 123. The minimum absolute atomic E-state index is 0.470. The van der Waals surface area contributed by atoms with E-state index in [0.717, 1.165) is 35.9 Å². The molecule has 6 aliphatic rings. The van der Waals surface area contributed by atoms with Crippen LogP contribution in [-0.4, -0.2) is 70.9 Å². The molecule has 85 heavy (non-hydrogen) atoms. The molecule has 12 rings (SSSR count). The fraction of sp³-hybridized carbons (Fsp3) is 0.0217. The van der Waals surface area contributed by atoms with Gasteiger partial charge in [0.1, 0.15) is 11.6 Å². The summed E-state index contributed by atoms with van der Waals surface area (Å²) in [5.74, 6) is -0.0877. The van der Waals surface area contributed by atoms with E-state index in [4.69, 9.17) is 5.26 Å². The summed E-state index contributed by atoms with van der Waals surface area (Å²) in [5, 5.41) is 109. The first-order valence-corrected chi connectivity index (χ1v) is 29.3. The largest absolute Gasteiger partial charge is 0.344 e. The maximum Gasteiger partial charge on any atom is 0.285 e. The number of rotatable bonds is 10. The number of carbonyl (C=O) groups is 2. The van der Waals surface area contributed by atoms with Gasteiger partial charge in [0.2, 0.25) is 0 Å². The van der Waals surface area contributed by atoms with Crippen molar-refractivity contribution in [3.63, 3.8) is 0 Å². The number of nitrogens with one attached hydrogen (secondary N) is 2. The van der Waals surface area contributed by atoms with Gasteiger partial charge in [0.15, 0.2) is 11.6 Å². The Morgan fingerprint density at radius 2 is 0.671 bits per heavy atom. The monoisotopic (exact) mass is 1300 g/mol. The standard InChI is InChI=1S/2C13H4N4O9.2C9H6N2S4.C2H3N/c2*18-13-7-1-5(14(19)20)3-9(16(23)24)11(7)12-8(13)2-6(15(21)22)4-10(12)17(25)26;2*1-2-11-7(10-1)6-5-14-9(15-6)8-12-3-4-13-8;1-2-3/h2*1-4H;2*1-5H,(H,10,11);1H3. The molecular formula is C46H23N13O18S8. The third kappa shape index (κ3) is 13.2. The van der Waals surface area contributed by atoms with E-state index in [1.807, 2.05) is 12.4 Å². The summed E-state index contributed by atoms with van der Waals surface area (Å²) in [7, 11) is 0. The van der Waals surface area contributed by atoms with Gasteiger partial charge < -0.3 is 9.97 Å². The van der Waals surface area contributed by atoms with E-state index in [0.29, 0.717) is 24.3 Å². The molecule has 0 bridgehead atoms. The number of aromatic amines is 2. The Bertz CT molecular complexity index is 3750. The Balaban J connectivity index is 0.000000149. The number of aromatic nitrogens is 4. The molecule has 428 valence electrons. The molecule has 0 amide bonds. The van der Waals surface area contributed by atoms with Crippen LogP contribution in [0.3, 0.4) is 0 Å². The van der Waals surface area contributed by atoms with Crippen molar-refractivity contribution in [3.05, 3.63) is 238 Å². The van der Waals surface area contributed by atoms with Crippen molar-refractivity contribution < 1.29 is 49.0 Å². The van der Waals surface area contributed by atoms with Crippen LogP contribution in [0.2, 0.25) is 0 Å². The van der Waals surface area contributed by atoms with Crippen molar-refractivity contribution in [3.8, 4) is 28.3 Å². The number of thioether (sulfide) groups is 8. The number of H-pyrrole nitrogens is 2. The van der Waals surface area contributed by atoms with Crippen molar-refractivity contribution in [2.24, 2.45) is 0 Å². The second-order valence-corrected chi connectivity index (χ2v) is 24.5. The first kappa shape index (κ1) is 61.6. The van der Waals surface area contributed by atoms with Gasteiger partial charge in [-0.05, 0) is 32.4 Å². The molecule has 0 unspecified atom stereocenters. The molecule has 2 aliphatic carbocycles. The molecule has 4 aromatic carbocycles. The summed E-state index contributed by atoms with van der Waals surface area (Å²) in [5.41, 5.74) is -10.4. The highest BCUT2D eigenvalue weighted by atomic mass is 32.2.